The fraction of sp³-hybridized carbons (Fsp3) is 0.364. The minimum atomic E-state index is -3.58. The number of nitrogens with zero attached hydrogens (tertiary/aromatic N) is 1. The van der Waals surface area contributed by atoms with Crippen LogP contribution in [0.4, 0.5) is 14.5 Å². The number of nitrogens with one attached hydrogen (secondary N) is 1. The summed E-state index contributed by atoms with van der Waals surface area (Å²) in [5.41, 5.74) is 0.604. The summed E-state index contributed by atoms with van der Waals surface area (Å²) in [6, 6.07) is 4.50. The number of hydrogen-bond donors (Lipinski definition) is 1. The van der Waals surface area contributed by atoms with E-state index in [1.54, 1.807) is 6.07 Å². The molecular formula is C11H10F2N2O2S. The Kier molecular flexibility index (Phi) is 2.51. The molecular weight excluding hydrogens is 262 g/mol. The van der Waals surface area contributed by atoms with Gasteiger partial charge in [0.15, 0.2) is 16.6 Å². The van der Waals surface area contributed by atoms with Crippen LogP contribution in [0.1, 0.15) is 6.42 Å². The second kappa shape index (κ2) is 3.94. The summed E-state index contributed by atoms with van der Waals surface area (Å²) in [6.07, 6.45) is -2.46. The maximum absolute atomic E-state index is 12.8. The normalized spacial score (nSPS) is 19.3. The van der Waals surface area contributed by atoms with E-state index in [0.717, 1.165) is 19.5 Å². The van der Waals surface area contributed by atoms with Gasteiger partial charge in [0.25, 0.3) is 0 Å². The maximum Gasteiger partial charge on any atom is 0.586 e. The van der Waals surface area contributed by atoms with Gasteiger partial charge in [-0.25, -0.2) is 0 Å². The van der Waals surface area contributed by atoms with Gasteiger partial charge in [0, 0.05) is 24.8 Å². The quantitative estimate of drug-likeness (QED) is 0.794. The standard InChI is InChI=1S/C11H10F2N2O2S/c12-11(13)16-8-3-2-7(6-9(8)17-11)14-10(18)15-4-1-5-15/h2-3,6H,1,4-5H2,(H,14,18). The average Bonchev–Trinajstić information content (AvgIpc) is 2.48. The van der Waals surface area contributed by atoms with Crippen LogP contribution < -0.4 is 14.8 Å². The highest BCUT2D eigenvalue weighted by atomic mass is 32.1. The third-order valence-electron chi connectivity index (χ3n) is 2.80. The van der Waals surface area contributed by atoms with E-state index >= 15 is 0 Å². The zero-order valence-corrected chi connectivity index (χ0v) is 10.1. The summed E-state index contributed by atoms with van der Waals surface area (Å²) in [5.74, 6) is 0.0387. The molecule has 0 aliphatic carbocycles. The van der Waals surface area contributed by atoms with E-state index in [9.17, 15) is 8.78 Å². The van der Waals surface area contributed by atoms with Crippen LogP contribution in [0.5, 0.6) is 11.5 Å². The van der Waals surface area contributed by atoms with Crippen molar-refractivity contribution in [2.24, 2.45) is 0 Å². The number of rotatable bonds is 1. The van der Waals surface area contributed by atoms with Gasteiger partial charge < -0.3 is 19.7 Å². The highest BCUT2D eigenvalue weighted by Gasteiger charge is 2.43. The van der Waals surface area contributed by atoms with E-state index in [1.165, 1.54) is 12.1 Å². The SMILES string of the molecule is FC1(F)Oc2ccc(NC(=S)N3CCC3)cc2O1. The molecule has 0 bridgehead atoms. The van der Waals surface area contributed by atoms with Crippen LogP contribution in [0.2, 0.25) is 0 Å². The second-order valence-corrected chi connectivity index (χ2v) is 4.49. The lowest BCUT2D eigenvalue weighted by molar-refractivity contribution is -0.286. The lowest BCUT2D eigenvalue weighted by atomic mass is 10.2. The van der Waals surface area contributed by atoms with Gasteiger partial charge in [-0.05, 0) is 30.8 Å². The Labute approximate surface area is 107 Å². The number of alkyl halides is 2. The molecule has 0 saturated carbocycles. The number of thiocarbonyl (C=S) groups is 1. The molecule has 0 atom stereocenters. The van der Waals surface area contributed by atoms with Crippen molar-refractivity contribution in [1.29, 1.82) is 0 Å². The Balaban J connectivity index is 1.73. The average molecular weight is 272 g/mol. The number of likely N-dealkylation sites (tertiary alicyclic amines) is 1. The predicted molar refractivity (Wildman–Crippen MR) is 65.1 cm³/mol. The molecule has 96 valence electrons. The van der Waals surface area contributed by atoms with Crippen molar-refractivity contribution in [1.82, 2.24) is 4.90 Å². The third kappa shape index (κ3) is 2.05. The predicted octanol–water partition coefficient (Wildman–Crippen LogP) is 2.41. The zero-order valence-electron chi connectivity index (χ0n) is 9.28. The largest absolute Gasteiger partial charge is 0.586 e. The smallest absolute Gasteiger partial charge is 0.395 e. The fourth-order valence-electron chi connectivity index (χ4n) is 1.75. The van der Waals surface area contributed by atoms with Crippen molar-refractivity contribution in [3.8, 4) is 11.5 Å². The van der Waals surface area contributed by atoms with E-state index in [0.29, 0.717) is 10.8 Å². The topological polar surface area (TPSA) is 33.7 Å². The van der Waals surface area contributed by atoms with Crippen LogP contribution in [-0.2, 0) is 0 Å². The van der Waals surface area contributed by atoms with Gasteiger partial charge >= 0.3 is 6.29 Å². The van der Waals surface area contributed by atoms with Crippen molar-refractivity contribution in [3.63, 3.8) is 0 Å². The molecule has 1 saturated heterocycles. The number of halogens is 2. The van der Waals surface area contributed by atoms with Crippen LogP contribution in [0.25, 0.3) is 0 Å². The summed E-state index contributed by atoms with van der Waals surface area (Å²) in [7, 11) is 0. The first-order chi connectivity index (χ1) is 8.53. The molecule has 1 aromatic rings. The molecule has 0 unspecified atom stereocenters. The van der Waals surface area contributed by atoms with Gasteiger partial charge in [-0.3, -0.25) is 0 Å². The van der Waals surface area contributed by atoms with Crippen molar-refractivity contribution in [2.75, 3.05) is 18.4 Å². The molecule has 0 amide bonds. The van der Waals surface area contributed by atoms with Crippen molar-refractivity contribution in [3.05, 3.63) is 18.2 Å². The monoisotopic (exact) mass is 272 g/mol. The number of anilines is 1. The lowest BCUT2D eigenvalue weighted by Gasteiger charge is -2.33. The highest BCUT2D eigenvalue weighted by Crippen LogP contribution is 2.42. The van der Waals surface area contributed by atoms with E-state index in [1.807, 2.05) is 4.90 Å². The lowest BCUT2D eigenvalue weighted by Crippen LogP contribution is -2.44. The van der Waals surface area contributed by atoms with Gasteiger partial charge in [0.05, 0.1) is 0 Å². The Morgan fingerprint density at radius 2 is 2.00 bits per heavy atom. The highest BCUT2D eigenvalue weighted by molar-refractivity contribution is 7.80. The second-order valence-electron chi connectivity index (χ2n) is 4.10. The molecule has 1 fully saturated rings. The molecule has 7 heteroatoms. The van der Waals surface area contributed by atoms with Crippen molar-refractivity contribution in [2.45, 2.75) is 12.7 Å². The molecule has 0 radical (unpaired) electrons. The summed E-state index contributed by atoms with van der Waals surface area (Å²) in [5, 5.41) is 3.57. The molecule has 4 nitrogen and oxygen atoms in total. The van der Waals surface area contributed by atoms with E-state index in [-0.39, 0.29) is 11.5 Å². The molecule has 1 N–H and O–H groups in total. The first-order valence-electron chi connectivity index (χ1n) is 5.49. The molecule has 0 spiro atoms. The van der Waals surface area contributed by atoms with E-state index in [2.05, 4.69) is 14.8 Å². The van der Waals surface area contributed by atoms with Gasteiger partial charge in [0.1, 0.15) is 0 Å². The van der Waals surface area contributed by atoms with Gasteiger partial charge in [-0.15, -0.1) is 8.78 Å². The van der Waals surface area contributed by atoms with Crippen LogP contribution >= 0.6 is 12.2 Å². The number of benzene rings is 1. The molecule has 0 aromatic heterocycles. The molecule has 2 heterocycles. The Morgan fingerprint density at radius 3 is 2.67 bits per heavy atom. The minimum Gasteiger partial charge on any atom is -0.395 e. The molecule has 3 rings (SSSR count). The molecule has 2 aliphatic heterocycles. The van der Waals surface area contributed by atoms with Crippen molar-refractivity contribution >= 4 is 23.0 Å². The summed E-state index contributed by atoms with van der Waals surface area (Å²) >= 11 is 5.18. The van der Waals surface area contributed by atoms with Crippen LogP contribution in [-0.4, -0.2) is 29.4 Å². The third-order valence-corrected chi connectivity index (χ3v) is 3.16. The first-order valence-corrected chi connectivity index (χ1v) is 5.90. The zero-order chi connectivity index (χ0) is 12.8. The first kappa shape index (κ1) is 11.5. The van der Waals surface area contributed by atoms with Crippen LogP contribution in [0.3, 0.4) is 0 Å². The van der Waals surface area contributed by atoms with E-state index < -0.39 is 6.29 Å². The van der Waals surface area contributed by atoms with Crippen LogP contribution in [0, 0.1) is 0 Å². The maximum atomic E-state index is 12.8. The van der Waals surface area contributed by atoms with Gasteiger partial charge in [-0.2, -0.15) is 0 Å². The summed E-state index contributed by atoms with van der Waals surface area (Å²) < 4.78 is 34.3. The fourth-order valence-corrected chi connectivity index (χ4v) is 2.05. The molecule has 2 aliphatic rings. The number of ether oxygens (including phenoxy) is 2. The van der Waals surface area contributed by atoms with Crippen LogP contribution in [0.15, 0.2) is 18.2 Å². The number of hydrogen-bond acceptors (Lipinski definition) is 3. The summed E-state index contributed by atoms with van der Waals surface area (Å²) in [6.45, 7) is 1.85. The van der Waals surface area contributed by atoms with Gasteiger partial charge in [-0.1, -0.05) is 0 Å². The summed E-state index contributed by atoms with van der Waals surface area (Å²) in [4.78, 5) is 1.99. The minimum absolute atomic E-state index is 0.0106. The Hall–Kier alpha value is -1.63. The van der Waals surface area contributed by atoms with E-state index in [4.69, 9.17) is 12.2 Å². The number of fused-ring (bicyclic) bond motifs is 1. The molecule has 18 heavy (non-hydrogen) atoms. The Morgan fingerprint density at radius 1 is 1.28 bits per heavy atom. The van der Waals surface area contributed by atoms with Gasteiger partial charge in [0.2, 0.25) is 0 Å². The Bertz CT molecular complexity index is 506. The molecule has 1 aromatic carbocycles. The van der Waals surface area contributed by atoms with Crippen molar-refractivity contribution < 1.29 is 18.3 Å².